The van der Waals surface area contributed by atoms with Crippen LogP contribution in [0.15, 0.2) is 29.3 Å². The number of carbonyl (C=O) groups is 1. The summed E-state index contributed by atoms with van der Waals surface area (Å²) in [6.07, 6.45) is 3.21. The Bertz CT molecular complexity index is 1060. The van der Waals surface area contributed by atoms with E-state index in [9.17, 15) is 9.59 Å². The Labute approximate surface area is 168 Å². The van der Waals surface area contributed by atoms with Crippen LogP contribution in [0.25, 0.3) is 11.0 Å². The average Bonchev–Trinajstić information content (AvgIpc) is 3.35. The van der Waals surface area contributed by atoms with E-state index in [0.29, 0.717) is 38.3 Å². The highest BCUT2D eigenvalue weighted by molar-refractivity contribution is 5.97. The van der Waals surface area contributed by atoms with Crippen molar-refractivity contribution in [2.45, 2.75) is 38.8 Å². The summed E-state index contributed by atoms with van der Waals surface area (Å²) in [6, 6.07) is 5.53. The van der Waals surface area contributed by atoms with Crippen molar-refractivity contribution in [3.63, 3.8) is 0 Å². The molecule has 1 aromatic carbocycles. The van der Waals surface area contributed by atoms with E-state index in [1.54, 1.807) is 18.0 Å². The topological polar surface area (TPSA) is 98.0 Å². The summed E-state index contributed by atoms with van der Waals surface area (Å²) in [5, 5.41) is 4.57. The van der Waals surface area contributed by atoms with Gasteiger partial charge >= 0.3 is 5.69 Å². The van der Waals surface area contributed by atoms with Gasteiger partial charge in [0.1, 0.15) is 5.82 Å². The zero-order valence-corrected chi connectivity index (χ0v) is 16.8. The molecule has 1 amide bonds. The SMILES string of the molecule is CCn1c(C2CCN(C(=O)c3ccc4nc[nH]c4c3)CC2)nn(CCOC)c1=O. The van der Waals surface area contributed by atoms with Crippen LogP contribution in [0.2, 0.25) is 0 Å². The molecule has 9 heteroatoms. The first-order valence-electron chi connectivity index (χ1n) is 10.0. The van der Waals surface area contributed by atoms with Crippen LogP contribution >= 0.6 is 0 Å². The molecule has 29 heavy (non-hydrogen) atoms. The van der Waals surface area contributed by atoms with E-state index in [1.165, 1.54) is 4.68 Å². The van der Waals surface area contributed by atoms with E-state index >= 15 is 0 Å². The van der Waals surface area contributed by atoms with Gasteiger partial charge in [-0.25, -0.2) is 14.5 Å². The molecule has 0 aliphatic carbocycles. The number of imidazole rings is 1. The van der Waals surface area contributed by atoms with Crippen LogP contribution in [-0.2, 0) is 17.8 Å². The monoisotopic (exact) mass is 398 g/mol. The second kappa shape index (κ2) is 8.20. The Morgan fingerprint density at radius 1 is 1.31 bits per heavy atom. The molecule has 4 rings (SSSR count). The second-order valence-corrected chi connectivity index (χ2v) is 7.30. The molecule has 0 atom stereocenters. The van der Waals surface area contributed by atoms with Gasteiger partial charge in [-0.2, -0.15) is 5.10 Å². The minimum absolute atomic E-state index is 0.0263. The third-order valence-corrected chi connectivity index (χ3v) is 5.59. The van der Waals surface area contributed by atoms with Crippen molar-refractivity contribution in [3.8, 4) is 0 Å². The molecule has 3 heterocycles. The number of carbonyl (C=O) groups excluding carboxylic acids is 1. The van der Waals surface area contributed by atoms with Crippen molar-refractivity contribution in [2.24, 2.45) is 0 Å². The molecule has 2 aromatic heterocycles. The summed E-state index contributed by atoms with van der Waals surface area (Å²) in [7, 11) is 1.61. The normalized spacial score (nSPS) is 15.3. The lowest BCUT2D eigenvalue weighted by atomic mass is 9.95. The molecule has 0 radical (unpaired) electrons. The number of H-pyrrole nitrogens is 1. The molecule has 1 aliphatic heterocycles. The average molecular weight is 398 g/mol. The predicted octanol–water partition coefficient (Wildman–Crippen LogP) is 1.61. The Balaban J connectivity index is 1.46. The van der Waals surface area contributed by atoms with Crippen molar-refractivity contribution in [2.75, 3.05) is 26.8 Å². The van der Waals surface area contributed by atoms with Crippen LogP contribution in [0, 0.1) is 0 Å². The summed E-state index contributed by atoms with van der Waals surface area (Å²) < 4.78 is 8.30. The lowest BCUT2D eigenvalue weighted by Crippen LogP contribution is -2.38. The van der Waals surface area contributed by atoms with Gasteiger partial charge in [0, 0.05) is 38.2 Å². The first-order chi connectivity index (χ1) is 14.1. The first-order valence-corrected chi connectivity index (χ1v) is 10.0. The van der Waals surface area contributed by atoms with Crippen molar-refractivity contribution >= 4 is 16.9 Å². The van der Waals surface area contributed by atoms with Crippen LogP contribution in [0.1, 0.15) is 41.9 Å². The molecule has 1 fully saturated rings. The minimum Gasteiger partial charge on any atom is -0.383 e. The van der Waals surface area contributed by atoms with Crippen molar-refractivity contribution in [1.29, 1.82) is 0 Å². The molecule has 0 saturated carbocycles. The maximum absolute atomic E-state index is 12.9. The highest BCUT2D eigenvalue weighted by Crippen LogP contribution is 2.27. The number of benzene rings is 1. The predicted molar refractivity (Wildman–Crippen MR) is 108 cm³/mol. The second-order valence-electron chi connectivity index (χ2n) is 7.30. The Kier molecular flexibility index (Phi) is 5.48. The van der Waals surface area contributed by atoms with Gasteiger partial charge in [0.2, 0.25) is 0 Å². The first kappa shape index (κ1) is 19.4. The van der Waals surface area contributed by atoms with Gasteiger partial charge in [-0.3, -0.25) is 9.36 Å². The van der Waals surface area contributed by atoms with Crippen LogP contribution in [0.3, 0.4) is 0 Å². The van der Waals surface area contributed by atoms with E-state index in [-0.39, 0.29) is 17.5 Å². The molecule has 0 spiro atoms. The fourth-order valence-electron chi connectivity index (χ4n) is 3.97. The minimum atomic E-state index is -0.0917. The van der Waals surface area contributed by atoms with Crippen molar-refractivity contribution in [1.82, 2.24) is 29.2 Å². The molecule has 3 aromatic rings. The van der Waals surface area contributed by atoms with E-state index < -0.39 is 0 Å². The van der Waals surface area contributed by atoms with Gasteiger partial charge in [0.15, 0.2) is 0 Å². The number of hydrogen-bond acceptors (Lipinski definition) is 5. The number of amides is 1. The highest BCUT2D eigenvalue weighted by atomic mass is 16.5. The smallest absolute Gasteiger partial charge is 0.345 e. The molecule has 154 valence electrons. The molecule has 1 N–H and O–H groups in total. The van der Waals surface area contributed by atoms with Crippen LogP contribution in [0.4, 0.5) is 0 Å². The Hall–Kier alpha value is -2.94. The molecular formula is C20H26N6O3. The number of aromatic amines is 1. The van der Waals surface area contributed by atoms with Crippen LogP contribution < -0.4 is 5.69 Å². The van der Waals surface area contributed by atoms with Gasteiger partial charge in [-0.05, 0) is 38.0 Å². The maximum Gasteiger partial charge on any atom is 0.345 e. The van der Waals surface area contributed by atoms with E-state index in [4.69, 9.17) is 4.74 Å². The van der Waals surface area contributed by atoms with Gasteiger partial charge in [-0.15, -0.1) is 0 Å². The summed E-state index contributed by atoms with van der Waals surface area (Å²) in [5.74, 6) is 1.02. The summed E-state index contributed by atoms with van der Waals surface area (Å²) in [5.41, 5.74) is 2.28. The summed E-state index contributed by atoms with van der Waals surface area (Å²) in [4.78, 5) is 34.6. The standard InChI is InChI=1S/C20H26N6O3/c1-3-25-18(23-26(20(25)28)10-11-29-2)14-6-8-24(9-7-14)19(27)15-4-5-16-17(12-15)22-13-21-16/h4-5,12-14H,3,6-11H2,1-2H3,(H,21,22). The molecule has 0 unspecified atom stereocenters. The summed E-state index contributed by atoms with van der Waals surface area (Å²) >= 11 is 0. The van der Waals surface area contributed by atoms with E-state index in [0.717, 1.165) is 29.7 Å². The third-order valence-electron chi connectivity index (χ3n) is 5.59. The lowest BCUT2D eigenvalue weighted by molar-refractivity contribution is 0.0710. The Morgan fingerprint density at radius 3 is 2.83 bits per heavy atom. The number of methoxy groups -OCH3 is 1. The molecule has 0 bridgehead atoms. The number of ether oxygens (including phenoxy) is 1. The zero-order valence-electron chi connectivity index (χ0n) is 16.8. The van der Waals surface area contributed by atoms with Gasteiger partial charge in [-0.1, -0.05) is 0 Å². The van der Waals surface area contributed by atoms with Gasteiger partial charge in [0.05, 0.1) is 30.5 Å². The fourth-order valence-corrected chi connectivity index (χ4v) is 3.97. The van der Waals surface area contributed by atoms with Crippen LogP contribution in [0.5, 0.6) is 0 Å². The summed E-state index contributed by atoms with van der Waals surface area (Å²) in [6.45, 7) is 4.74. The lowest BCUT2D eigenvalue weighted by Gasteiger charge is -2.31. The number of rotatable bonds is 6. The molecule has 1 saturated heterocycles. The maximum atomic E-state index is 12.9. The molecule has 9 nitrogen and oxygen atoms in total. The third kappa shape index (κ3) is 3.69. The number of piperidine rings is 1. The largest absolute Gasteiger partial charge is 0.383 e. The van der Waals surface area contributed by atoms with Gasteiger partial charge in [0.25, 0.3) is 5.91 Å². The number of nitrogens with one attached hydrogen (secondary N) is 1. The number of hydrogen-bond donors (Lipinski definition) is 1. The number of likely N-dealkylation sites (tertiary alicyclic amines) is 1. The van der Waals surface area contributed by atoms with Crippen LogP contribution in [-0.4, -0.2) is 61.9 Å². The van der Waals surface area contributed by atoms with E-state index in [1.807, 2.05) is 30.0 Å². The van der Waals surface area contributed by atoms with Crippen molar-refractivity contribution < 1.29 is 9.53 Å². The fraction of sp³-hybridized carbons (Fsp3) is 0.500. The van der Waals surface area contributed by atoms with Gasteiger partial charge < -0.3 is 14.6 Å². The molecular weight excluding hydrogens is 372 g/mol. The quantitative estimate of drug-likeness (QED) is 0.680. The molecule has 1 aliphatic rings. The Morgan fingerprint density at radius 2 is 2.10 bits per heavy atom. The van der Waals surface area contributed by atoms with E-state index in [2.05, 4.69) is 15.1 Å². The highest BCUT2D eigenvalue weighted by Gasteiger charge is 2.28. The number of fused-ring (bicyclic) bond motifs is 1. The number of aromatic nitrogens is 5. The zero-order chi connectivity index (χ0) is 20.4. The number of nitrogens with zero attached hydrogens (tertiary/aromatic N) is 5. The van der Waals surface area contributed by atoms with Crippen molar-refractivity contribution in [3.05, 3.63) is 46.4 Å².